The number of hydrogen-bond donors (Lipinski definition) is 1. The molecule has 0 radical (unpaired) electrons. The number of rotatable bonds is 0. The predicted octanol–water partition coefficient (Wildman–Crippen LogP) is 6.65. The van der Waals surface area contributed by atoms with Crippen LogP contribution in [0.3, 0.4) is 0 Å². The molecular weight excluding hydrogens is 310 g/mol. The minimum absolute atomic E-state index is 1.13. The van der Waals surface area contributed by atoms with Crippen molar-refractivity contribution in [1.29, 1.82) is 0 Å². The molecule has 0 unspecified atom stereocenters. The maximum Gasteiger partial charge on any atom is 0.0562 e. The number of thiophene rings is 1. The zero-order valence-electron chi connectivity index (χ0n) is 13.1. The fourth-order valence-electron chi connectivity index (χ4n) is 4.26. The molecule has 114 valence electrons. The predicted molar refractivity (Wildman–Crippen MR) is 106 cm³/mol. The summed E-state index contributed by atoms with van der Waals surface area (Å²) in [6.07, 6.45) is 6.94. The van der Waals surface area contributed by atoms with Gasteiger partial charge in [0.15, 0.2) is 0 Å². The van der Waals surface area contributed by atoms with Crippen molar-refractivity contribution in [1.82, 2.24) is 4.98 Å². The van der Waals surface area contributed by atoms with Gasteiger partial charge in [-0.05, 0) is 36.1 Å². The van der Waals surface area contributed by atoms with Crippen LogP contribution in [-0.4, -0.2) is 4.98 Å². The molecule has 3 aromatic carbocycles. The van der Waals surface area contributed by atoms with Gasteiger partial charge in [-0.1, -0.05) is 48.6 Å². The number of hydrogen-bond acceptors (Lipinski definition) is 1. The maximum absolute atomic E-state index is 3.73. The molecule has 6 rings (SSSR count). The summed E-state index contributed by atoms with van der Waals surface area (Å²) in [4.78, 5) is 3.73. The first-order valence-electron chi connectivity index (χ1n) is 8.45. The van der Waals surface area contributed by atoms with E-state index in [2.05, 4.69) is 65.7 Å². The van der Waals surface area contributed by atoms with Crippen LogP contribution >= 0.6 is 11.3 Å². The Balaban J connectivity index is 2.01. The Labute approximate surface area is 143 Å². The van der Waals surface area contributed by atoms with Gasteiger partial charge in [0.1, 0.15) is 0 Å². The van der Waals surface area contributed by atoms with E-state index in [1.54, 1.807) is 0 Å². The number of allylic oxidation sites excluding steroid dienone is 1. The summed E-state index contributed by atoms with van der Waals surface area (Å²) in [5.74, 6) is 0. The smallest absolute Gasteiger partial charge is 0.0562 e. The van der Waals surface area contributed by atoms with E-state index in [9.17, 15) is 0 Å². The van der Waals surface area contributed by atoms with Gasteiger partial charge < -0.3 is 4.98 Å². The summed E-state index contributed by atoms with van der Waals surface area (Å²) in [7, 11) is 0. The van der Waals surface area contributed by atoms with Gasteiger partial charge in [0.25, 0.3) is 0 Å². The monoisotopic (exact) mass is 325 g/mol. The number of para-hydroxylation sites is 1. The molecule has 1 N–H and O–H groups in total. The fraction of sp³-hybridized carbons (Fsp3) is 0.0909. The van der Waals surface area contributed by atoms with Crippen LogP contribution in [-0.2, 0) is 6.42 Å². The molecule has 0 saturated carbocycles. The van der Waals surface area contributed by atoms with Gasteiger partial charge in [0, 0.05) is 36.5 Å². The molecule has 1 nitrogen and oxygen atoms in total. The number of aryl methyl sites for hydroxylation is 1. The second kappa shape index (κ2) is 4.49. The van der Waals surface area contributed by atoms with Crippen molar-refractivity contribution in [2.24, 2.45) is 0 Å². The summed E-state index contributed by atoms with van der Waals surface area (Å²) >= 11 is 1.93. The lowest BCUT2D eigenvalue weighted by atomic mass is 9.91. The van der Waals surface area contributed by atoms with Gasteiger partial charge in [-0.3, -0.25) is 0 Å². The molecule has 2 aromatic heterocycles. The van der Waals surface area contributed by atoms with Crippen molar-refractivity contribution in [3.05, 3.63) is 65.7 Å². The van der Waals surface area contributed by atoms with Gasteiger partial charge >= 0.3 is 0 Å². The zero-order chi connectivity index (χ0) is 15.7. The first-order valence-corrected chi connectivity index (χ1v) is 9.26. The molecule has 0 fully saturated rings. The summed E-state index contributed by atoms with van der Waals surface area (Å²) in [5, 5.41) is 5.56. The Hall–Kier alpha value is -2.58. The van der Waals surface area contributed by atoms with E-state index < -0.39 is 0 Å². The Morgan fingerprint density at radius 3 is 2.67 bits per heavy atom. The number of H-pyrrole nitrogens is 1. The fourth-order valence-corrected chi connectivity index (χ4v) is 5.52. The number of nitrogens with one attached hydrogen (secondary N) is 1. The largest absolute Gasteiger partial charge is 0.354 e. The number of aromatic amines is 1. The third-order valence-corrected chi connectivity index (χ3v) is 6.47. The van der Waals surface area contributed by atoms with Gasteiger partial charge in [0.2, 0.25) is 0 Å². The van der Waals surface area contributed by atoms with Crippen LogP contribution < -0.4 is 0 Å². The number of benzene rings is 3. The van der Waals surface area contributed by atoms with Crippen molar-refractivity contribution >= 4 is 59.4 Å². The van der Waals surface area contributed by atoms with Crippen molar-refractivity contribution in [3.8, 4) is 0 Å². The van der Waals surface area contributed by atoms with E-state index in [1.807, 2.05) is 11.3 Å². The molecule has 24 heavy (non-hydrogen) atoms. The quantitative estimate of drug-likeness (QED) is 0.328. The highest BCUT2D eigenvalue weighted by Crippen LogP contribution is 2.46. The Morgan fingerprint density at radius 1 is 0.875 bits per heavy atom. The number of aromatic nitrogens is 1. The SMILES string of the molecule is C1=Cc2c(c3c4ccccc4[nH]c3c3c2sc2ccccc23)CC1. The van der Waals surface area contributed by atoms with Crippen LogP contribution in [0.25, 0.3) is 48.1 Å². The molecule has 5 aromatic rings. The van der Waals surface area contributed by atoms with Crippen molar-refractivity contribution in [3.63, 3.8) is 0 Å². The van der Waals surface area contributed by atoms with E-state index in [-0.39, 0.29) is 0 Å². The van der Waals surface area contributed by atoms with Gasteiger partial charge in [-0.2, -0.15) is 0 Å². The molecule has 2 heterocycles. The lowest BCUT2D eigenvalue weighted by Gasteiger charge is -2.14. The zero-order valence-corrected chi connectivity index (χ0v) is 13.9. The molecule has 2 heteroatoms. The Morgan fingerprint density at radius 2 is 1.71 bits per heavy atom. The molecule has 0 spiro atoms. The average Bonchev–Trinajstić information content (AvgIpc) is 3.20. The van der Waals surface area contributed by atoms with Crippen LogP contribution in [0.15, 0.2) is 54.6 Å². The van der Waals surface area contributed by atoms with Crippen LogP contribution in [0.2, 0.25) is 0 Å². The van der Waals surface area contributed by atoms with Crippen molar-refractivity contribution in [2.75, 3.05) is 0 Å². The highest BCUT2D eigenvalue weighted by atomic mass is 32.1. The van der Waals surface area contributed by atoms with Crippen LogP contribution in [0, 0.1) is 0 Å². The Kier molecular flexibility index (Phi) is 2.39. The lowest BCUT2D eigenvalue weighted by molar-refractivity contribution is 1.00. The highest BCUT2D eigenvalue weighted by Gasteiger charge is 2.21. The summed E-state index contributed by atoms with van der Waals surface area (Å²) in [6.45, 7) is 0. The average molecular weight is 325 g/mol. The van der Waals surface area contributed by atoms with Gasteiger partial charge in [-0.15, -0.1) is 11.3 Å². The second-order valence-electron chi connectivity index (χ2n) is 6.56. The molecule has 0 aliphatic heterocycles. The lowest BCUT2D eigenvalue weighted by Crippen LogP contribution is -1.95. The third-order valence-electron chi connectivity index (χ3n) is 5.27. The van der Waals surface area contributed by atoms with Crippen LogP contribution in [0.5, 0.6) is 0 Å². The first-order chi connectivity index (χ1) is 11.9. The topological polar surface area (TPSA) is 15.8 Å². The third kappa shape index (κ3) is 1.49. The minimum Gasteiger partial charge on any atom is -0.354 e. The molecule has 1 aliphatic carbocycles. The summed E-state index contributed by atoms with van der Waals surface area (Å²) < 4.78 is 2.81. The minimum atomic E-state index is 1.13. The second-order valence-corrected chi connectivity index (χ2v) is 7.61. The van der Waals surface area contributed by atoms with Crippen molar-refractivity contribution in [2.45, 2.75) is 12.8 Å². The number of fused-ring (bicyclic) bond motifs is 10. The highest BCUT2D eigenvalue weighted by molar-refractivity contribution is 7.26. The molecule has 0 amide bonds. The normalized spacial score (nSPS) is 14.2. The molecule has 0 saturated heterocycles. The van der Waals surface area contributed by atoms with E-state index >= 15 is 0 Å². The van der Waals surface area contributed by atoms with E-state index in [4.69, 9.17) is 0 Å². The molecule has 0 bridgehead atoms. The molecule has 1 aliphatic rings. The van der Waals surface area contributed by atoms with E-state index in [0.717, 1.165) is 12.8 Å². The maximum atomic E-state index is 3.73. The summed E-state index contributed by atoms with van der Waals surface area (Å²) in [6, 6.07) is 17.5. The van der Waals surface area contributed by atoms with Crippen LogP contribution in [0.1, 0.15) is 17.5 Å². The van der Waals surface area contributed by atoms with Gasteiger partial charge in [-0.25, -0.2) is 0 Å². The van der Waals surface area contributed by atoms with Gasteiger partial charge in [0.05, 0.1) is 5.52 Å². The van der Waals surface area contributed by atoms with Crippen LogP contribution in [0.4, 0.5) is 0 Å². The Bertz CT molecular complexity index is 1300. The van der Waals surface area contributed by atoms with E-state index in [1.165, 1.54) is 53.1 Å². The standard InChI is InChI=1S/C22H15NS/c1-2-8-14-13(7-1)19-15-9-3-5-11-17(15)23-21(19)20-16-10-4-6-12-18(16)24-22(14)20/h2-6,8-12,23H,1,7H2. The molecular formula is C22H15NS. The molecule has 0 atom stereocenters. The first kappa shape index (κ1) is 12.8. The van der Waals surface area contributed by atoms with Crippen molar-refractivity contribution < 1.29 is 0 Å². The summed E-state index contributed by atoms with van der Waals surface area (Å²) in [5.41, 5.74) is 5.52. The van der Waals surface area contributed by atoms with E-state index in [0.29, 0.717) is 0 Å².